The Morgan fingerprint density at radius 1 is 1.11 bits per heavy atom. The summed E-state index contributed by atoms with van der Waals surface area (Å²) in [6, 6.07) is 13.2. The van der Waals surface area contributed by atoms with Gasteiger partial charge in [-0.05, 0) is 56.2 Å². The van der Waals surface area contributed by atoms with Crippen LogP contribution in [-0.2, 0) is 19.6 Å². The molecule has 1 N–H and O–H groups in total. The fourth-order valence-electron chi connectivity index (χ4n) is 2.66. The second-order valence-corrected chi connectivity index (χ2v) is 8.38. The van der Waals surface area contributed by atoms with E-state index in [1.165, 1.54) is 12.1 Å². The molecule has 0 saturated heterocycles. The van der Waals surface area contributed by atoms with E-state index < -0.39 is 15.9 Å². The molecule has 0 bridgehead atoms. The highest BCUT2D eigenvalue weighted by atomic mass is 32.2. The largest absolute Gasteiger partial charge is 0.383 e. The molecule has 7 heteroatoms. The first kappa shape index (κ1) is 20.9. The molecule has 0 aliphatic heterocycles. The lowest BCUT2D eigenvalue weighted by molar-refractivity contribution is -0.120. The summed E-state index contributed by atoms with van der Waals surface area (Å²) in [5.74, 6) is -0.391. The van der Waals surface area contributed by atoms with Crippen LogP contribution in [0.4, 0.5) is 5.69 Å². The fourth-order valence-corrected chi connectivity index (χ4v) is 4.09. The second kappa shape index (κ2) is 9.01. The Morgan fingerprint density at radius 2 is 1.78 bits per heavy atom. The summed E-state index contributed by atoms with van der Waals surface area (Å²) in [6.45, 7) is 5.70. The molecule has 0 unspecified atom stereocenters. The Balaban J connectivity index is 2.40. The molecule has 1 amide bonds. The molecule has 0 heterocycles. The van der Waals surface area contributed by atoms with Crippen molar-refractivity contribution < 1.29 is 17.9 Å². The van der Waals surface area contributed by atoms with Crippen molar-refractivity contribution in [1.29, 1.82) is 0 Å². The molecule has 6 nitrogen and oxygen atoms in total. The lowest BCUT2D eigenvalue weighted by Crippen LogP contribution is -2.44. The van der Waals surface area contributed by atoms with E-state index in [0.29, 0.717) is 12.3 Å². The summed E-state index contributed by atoms with van der Waals surface area (Å²) in [5.41, 5.74) is 2.46. The van der Waals surface area contributed by atoms with Crippen molar-refractivity contribution in [1.82, 2.24) is 5.32 Å². The Bertz CT molecular complexity index is 882. The van der Waals surface area contributed by atoms with Crippen LogP contribution in [-0.4, -0.2) is 40.6 Å². The first-order valence-corrected chi connectivity index (χ1v) is 10.1. The zero-order chi connectivity index (χ0) is 20.0. The van der Waals surface area contributed by atoms with Gasteiger partial charge >= 0.3 is 0 Å². The van der Waals surface area contributed by atoms with Crippen molar-refractivity contribution in [3.63, 3.8) is 0 Å². The van der Waals surface area contributed by atoms with E-state index in [1.54, 1.807) is 44.4 Å². The van der Waals surface area contributed by atoms with E-state index in [4.69, 9.17) is 4.74 Å². The molecule has 2 aromatic carbocycles. The number of nitrogens with one attached hydrogen (secondary N) is 1. The predicted molar refractivity (Wildman–Crippen MR) is 106 cm³/mol. The van der Waals surface area contributed by atoms with Crippen LogP contribution < -0.4 is 9.62 Å². The van der Waals surface area contributed by atoms with Gasteiger partial charge in [-0.3, -0.25) is 9.10 Å². The van der Waals surface area contributed by atoms with E-state index in [-0.39, 0.29) is 17.5 Å². The van der Waals surface area contributed by atoms with Crippen LogP contribution in [0.15, 0.2) is 53.4 Å². The Labute approximate surface area is 161 Å². The van der Waals surface area contributed by atoms with Crippen LogP contribution >= 0.6 is 0 Å². The first-order chi connectivity index (χ1) is 12.8. The smallest absolute Gasteiger partial charge is 0.264 e. The number of hydrogen-bond acceptors (Lipinski definition) is 4. The normalized spacial score (nSPS) is 12.4. The SMILES string of the molecule is COC[C@H](C)NC(=O)CN(c1ccc(C)c(C)c1)S(=O)(=O)c1ccccc1. The fraction of sp³-hybridized carbons (Fsp3) is 0.350. The number of sulfonamides is 1. The Kier molecular flexibility index (Phi) is 6.98. The highest BCUT2D eigenvalue weighted by molar-refractivity contribution is 7.92. The zero-order valence-corrected chi connectivity index (χ0v) is 16.9. The van der Waals surface area contributed by atoms with Crippen LogP contribution in [0.1, 0.15) is 18.1 Å². The molecule has 27 heavy (non-hydrogen) atoms. The summed E-state index contributed by atoms with van der Waals surface area (Å²) in [5, 5.41) is 2.76. The molecule has 2 aromatic rings. The van der Waals surface area contributed by atoms with Gasteiger partial charge in [-0.1, -0.05) is 24.3 Å². The van der Waals surface area contributed by atoms with E-state index in [9.17, 15) is 13.2 Å². The first-order valence-electron chi connectivity index (χ1n) is 8.69. The molecule has 1 atom stereocenters. The number of carbonyl (C=O) groups excluding carboxylic acids is 1. The highest BCUT2D eigenvalue weighted by Gasteiger charge is 2.27. The molecule has 0 aromatic heterocycles. The molecule has 0 saturated carbocycles. The van der Waals surface area contributed by atoms with Crippen molar-refractivity contribution in [2.75, 3.05) is 24.6 Å². The monoisotopic (exact) mass is 390 g/mol. The minimum absolute atomic E-state index is 0.140. The zero-order valence-electron chi connectivity index (χ0n) is 16.1. The standard InChI is InChI=1S/C20H26N2O4S/c1-15-10-11-18(12-16(15)2)22(13-20(23)21-17(3)14-26-4)27(24,25)19-8-6-5-7-9-19/h5-12,17H,13-14H2,1-4H3,(H,21,23)/t17-/m0/s1. The number of benzene rings is 2. The molecular formula is C20H26N2O4S. The maximum Gasteiger partial charge on any atom is 0.264 e. The van der Waals surface area contributed by atoms with Gasteiger partial charge in [-0.25, -0.2) is 8.42 Å². The number of hydrogen-bond donors (Lipinski definition) is 1. The third-order valence-corrected chi connectivity index (χ3v) is 6.01. The summed E-state index contributed by atoms with van der Waals surface area (Å²) >= 11 is 0. The minimum Gasteiger partial charge on any atom is -0.383 e. The number of rotatable bonds is 8. The highest BCUT2D eigenvalue weighted by Crippen LogP contribution is 2.25. The van der Waals surface area contributed by atoms with Crippen LogP contribution in [0.5, 0.6) is 0 Å². The average Bonchev–Trinajstić information content (AvgIpc) is 2.63. The van der Waals surface area contributed by atoms with Gasteiger partial charge in [-0.15, -0.1) is 0 Å². The van der Waals surface area contributed by atoms with E-state index in [0.717, 1.165) is 15.4 Å². The molecule has 0 aliphatic rings. The van der Waals surface area contributed by atoms with E-state index in [1.807, 2.05) is 19.9 Å². The van der Waals surface area contributed by atoms with Crippen LogP contribution in [0.25, 0.3) is 0 Å². The molecular weight excluding hydrogens is 364 g/mol. The lowest BCUT2D eigenvalue weighted by atomic mass is 10.1. The molecule has 0 aliphatic carbocycles. The number of methoxy groups -OCH3 is 1. The molecule has 2 rings (SSSR count). The summed E-state index contributed by atoms with van der Waals surface area (Å²) in [4.78, 5) is 12.6. The number of aryl methyl sites for hydroxylation is 2. The van der Waals surface area contributed by atoms with E-state index >= 15 is 0 Å². The molecule has 146 valence electrons. The van der Waals surface area contributed by atoms with Crippen molar-refractivity contribution in [3.8, 4) is 0 Å². The third kappa shape index (κ3) is 5.30. The summed E-state index contributed by atoms with van der Waals surface area (Å²) in [6.07, 6.45) is 0. The summed E-state index contributed by atoms with van der Waals surface area (Å²) in [7, 11) is -2.34. The van der Waals surface area contributed by atoms with Crippen LogP contribution in [0.2, 0.25) is 0 Å². The number of nitrogens with zero attached hydrogens (tertiary/aromatic N) is 1. The van der Waals surface area contributed by atoms with Gasteiger partial charge in [0.15, 0.2) is 0 Å². The van der Waals surface area contributed by atoms with Gasteiger partial charge in [0.2, 0.25) is 5.91 Å². The number of amides is 1. The maximum atomic E-state index is 13.2. The summed E-state index contributed by atoms with van der Waals surface area (Å²) < 4.78 is 32.6. The van der Waals surface area contributed by atoms with Gasteiger partial charge in [0.1, 0.15) is 6.54 Å². The maximum absolute atomic E-state index is 13.2. The topological polar surface area (TPSA) is 75.7 Å². The van der Waals surface area contributed by atoms with Crippen molar-refractivity contribution >= 4 is 21.6 Å². The Hall–Kier alpha value is -2.38. The van der Waals surface area contributed by atoms with E-state index in [2.05, 4.69) is 5.32 Å². The average molecular weight is 391 g/mol. The minimum atomic E-state index is -3.89. The van der Waals surface area contributed by atoms with Gasteiger partial charge in [-0.2, -0.15) is 0 Å². The quantitative estimate of drug-likeness (QED) is 0.752. The molecule has 0 fully saturated rings. The van der Waals surface area contributed by atoms with Crippen molar-refractivity contribution in [3.05, 3.63) is 59.7 Å². The molecule has 0 radical (unpaired) electrons. The molecule has 0 spiro atoms. The third-order valence-electron chi connectivity index (χ3n) is 4.22. The number of carbonyl (C=O) groups is 1. The van der Waals surface area contributed by atoms with Gasteiger partial charge < -0.3 is 10.1 Å². The van der Waals surface area contributed by atoms with Crippen molar-refractivity contribution in [2.45, 2.75) is 31.7 Å². The van der Waals surface area contributed by atoms with Gasteiger partial charge in [0.25, 0.3) is 10.0 Å². The second-order valence-electron chi connectivity index (χ2n) is 6.52. The van der Waals surface area contributed by atoms with Gasteiger partial charge in [0.05, 0.1) is 17.2 Å². The Morgan fingerprint density at radius 3 is 2.37 bits per heavy atom. The predicted octanol–water partition coefficient (Wildman–Crippen LogP) is 2.65. The van der Waals surface area contributed by atoms with Crippen LogP contribution in [0, 0.1) is 13.8 Å². The van der Waals surface area contributed by atoms with Gasteiger partial charge in [0, 0.05) is 13.2 Å². The number of anilines is 1. The number of ether oxygens (including phenoxy) is 1. The van der Waals surface area contributed by atoms with Crippen molar-refractivity contribution in [2.24, 2.45) is 0 Å². The lowest BCUT2D eigenvalue weighted by Gasteiger charge is -2.25. The van der Waals surface area contributed by atoms with Crippen LogP contribution in [0.3, 0.4) is 0 Å².